The highest BCUT2D eigenvalue weighted by atomic mass is 32.2. The minimum atomic E-state index is -3.96. The Morgan fingerprint density at radius 2 is 1.64 bits per heavy atom. The molecule has 1 aliphatic carbocycles. The number of carbonyl (C=O) groups is 2. The van der Waals surface area contributed by atoms with Gasteiger partial charge in [-0.2, -0.15) is 0 Å². The van der Waals surface area contributed by atoms with Crippen molar-refractivity contribution in [2.75, 3.05) is 11.0 Å². The molecule has 1 aromatic heterocycles. The average molecular weight is 559 g/mol. The Kier molecular flexibility index (Phi) is 9.15. The lowest BCUT2D eigenvalue weighted by atomic mass is 9.79. The van der Waals surface area contributed by atoms with Gasteiger partial charge in [-0.15, -0.1) is 0 Å². The number of aromatic nitrogens is 1. The fourth-order valence-electron chi connectivity index (χ4n) is 5.58. The van der Waals surface area contributed by atoms with E-state index in [9.17, 15) is 27.9 Å². The zero-order valence-corrected chi connectivity index (χ0v) is 24.9. The molecular weight excluding hydrogens is 516 g/mol. The van der Waals surface area contributed by atoms with Gasteiger partial charge in [0.1, 0.15) is 11.7 Å². The zero-order valence-electron chi connectivity index (χ0n) is 24.1. The lowest BCUT2D eigenvalue weighted by Gasteiger charge is -2.30. The summed E-state index contributed by atoms with van der Waals surface area (Å²) in [5.41, 5.74) is 0.623. The number of hydrogen-bond donors (Lipinski definition) is 2. The van der Waals surface area contributed by atoms with Crippen LogP contribution < -0.4 is 10.3 Å². The molecule has 9 heteroatoms. The normalized spacial score (nSPS) is 18.9. The van der Waals surface area contributed by atoms with Gasteiger partial charge in [0, 0.05) is 6.42 Å². The number of aliphatic carboxylic acids is 1. The third kappa shape index (κ3) is 7.59. The molecule has 0 spiro atoms. The fourth-order valence-corrected chi connectivity index (χ4v) is 6.14. The maximum absolute atomic E-state index is 14.2. The van der Waals surface area contributed by atoms with E-state index in [1.165, 1.54) is 4.57 Å². The second-order valence-corrected chi connectivity index (χ2v) is 14.3. The molecule has 1 aliphatic rings. The van der Waals surface area contributed by atoms with Gasteiger partial charge in [-0.1, -0.05) is 70.4 Å². The van der Waals surface area contributed by atoms with Crippen molar-refractivity contribution >= 4 is 27.5 Å². The number of sulfonamides is 1. The molecule has 1 heterocycles. The highest BCUT2D eigenvalue weighted by molar-refractivity contribution is 7.92. The summed E-state index contributed by atoms with van der Waals surface area (Å²) in [4.78, 5) is 40.6. The Morgan fingerprint density at radius 1 is 1.08 bits per heavy atom. The number of rotatable bonds is 9. The van der Waals surface area contributed by atoms with Gasteiger partial charge in [0.2, 0.25) is 10.0 Å². The van der Waals surface area contributed by atoms with Crippen molar-refractivity contribution in [3.8, 4) is 11.3 Å². The number of carboxylic acids is 1. The number of carboxylic acid groups (broad SMARTS) is 1. The molecule has 0 bridgehead atoms. The van der Waals surface area contributed by atoms with Crippen LogP contribution in [0.15, 0.2) is 29.1 Å². The number of hydrogen-bond acceptors (Lipinski definition) is 5. The SMILES string of the molecule is Cc1ccc(-c2c(C)c(C(=O)CC3CCC(C)CC3)c(NS(C)(=O)=O)c(=O)n2C(CC(C)(C)C)C(=O)O)cc1. The Bertz CT molecular complexity index is 1390. The molecule has 39 heavy (non-hydrogen) atoms. The quantitative estimate of drug-likeness (QED) is 0.366. The van der Waals surface area contributed by atoms with E-state index in [0.717, 1.165) is 37.5 Å². The van der Waals surface area contributed by atoms with Crippen molar-refractivity contribution in [2.24, 2.45) is 17.3 Å². The number of nitrogens with zero attached hydrogens (tertiary/aromatic N) is 1. The molecule has 214 valence electrons. The van der Waals surface area contributed by atoms with Gasteiger partial charge in [-0.05, 0) is 61.5 Å². The highest BCUT2D eigenvalue weighted by Crippen LogP contribution is 2.37. The summed E-state index contributed by atoms with van der Waals surface area (Å²) in [6.45, 7) is 11.4. The molecule has 0 aliphatic heterocycles. The number of aryl methyl sites for hydroxylation is 1. The predicted molar refractivity (Wildman–Crippen MR) is 155 cm³/mol. The van der Waals surface area contributed by atoms with Crippen LogP contribution in [0.5, 0.6) is 0 Å². The molecule has 0 saturated heterocycles. The van der Waals surface area contributed by atoms with E-state index in [4.69, 9.17) is 0 Å². The van der Waals surface area contributed by atoms with Crippen LogP contribution in [-0.2, 0) is 14.8 Å². The fraction of sp³-hybridized carbons (Fsp3) is 0.567. The van der Waals surface area contributed by atoms with Crippen molar-refractivity contribution in [3.63, 3.8) is 0 Å². The Balaban J connectivity index is 2.36. The number of carbonyl (C=O) groups excluding carboxylic acids is 1. The van der Waals surface area contributed by atoms with Gasteiger partial charge in [0.15, 0.2) is 5.78 Å². The number of nitrogens with one attached hydrogen (secondary N) is 1. The summed E-state index contributed by atoms with van der Waals surface area (Å²) in [6, 6.07) is 6.03. The van der Waals surface area contributed by atoms with Crippen LogP contribution in [0.4, 0.5) is 5.69 Å². The Morgan fingerprint density at radius 3 is 2.13 bits per heavy atom. The first kappa shape index (κ1) is 30.6. The lowest BCUT2D eigenvalue weighted by molar-refractivity contribution is -0.141. The molecule has 2 N–H and O–H groups in total. The van der Waals surface area contributed by atoms with E-state index in [1.54, 1.807) is 19.1 Å². The number of pyridine rings is 1. The first-order chi connectivity index (χ1) is 18.0. The number of Topliss-reactive ketones (excluding diaryl/α,β-unsaturated/α-hetero) is 1. The maximum atomic E-state index is 14.2. The molecule has 8 nitrogen and oxygen atoms in total. The Hall–Kier alpha value is -2.94. The van der Waals surface area contributed by atoms with Gasteiger partial charge < -0.3 is 5.11 Å². The summed E-state index contributed by atoms with van der Waals surface area (Å²) in [6.07, 6.45) is 5.08. The summed E-state index contributed by atoms with van der Waals surface area (Å²) in [7, 11) is -3.96. The topological polar surface area (TPSA) is 123 Å². The molecule has 3 rings (SSSR count). The van der Waals surface area contributed by atoms with Gasteiger partial charge in [-0.25, -0.2) is 13.2 Å². The smallest absolute Gasteiger partial charge is 0.326 e. The molecule has 0 amide bonds. The van der Waals surface area contributed by atoms with Gasteiger partial charge in [0.05, 0.1) is 17.5 Å². The van der Waals surface area contributed by atoms with Crippen LogP contribution in [0.2, 0.25) is 0 Å². The summed E-state index contributed by atoms with van der Waals surface area (Å²) < 4.78 is 28.3. The third-order valence-electron chi connectivity index (χ3n) is 7.56. The van der Waals surface area contributed by atoms with Crippen molar-refractivity contribution in [2.45, 2.75) is 86.1 Å². The number of benzene rings is 1. The third-order valence-corrected chi connectivity index (χ3v) is 8.13. The standard InChI is InChI=1S/C30H42N2O6S/c1-18-8-12-21(13-9-18)16-24(33)25-20(3)27(22-14-10-19(2)11-15-22)32(23(29(35)36)17-30(4,5)6)28(34)26(25)31-39(7,37)38/h10-11,14-15,18,21,23,31H,8-9,12-13,16-17H2,1-7H3,(H,35,36). The second-order valence-electron chi connectivity index (χ2n) is 12.5. The van der Waals surface area contributed by atoms with Crippen molar-refractivity contribution in [3.05, 3.63) is 51.3 Å². The largest absolute Gasteiger partial charge is 0.480 e. The van der Waals surface area contributed by atoms with Crippen LogP contribution in [0.25, 0.3) is 11.3 Å². The highest BCUT2D eigenvalue weighted by Gasteiger charge is 2.34. The summed E-state index contributed by atoms with van der Waals surface area (Å²) in [5.74, 6) is -0.760. The maximum Gasteiger partial charge on any atom is 0.326 e. The van der Waals surface area contributed by atoms with E-state index in [2.05, 4.69) is 11.6 Å². The van der Waals surface area contributed by atoms with Crippen LogP contribution in [-0.4, -0.2) is 36.1 Å². The molecule has 1 fully saturated rings. The van der Waals surface area contributed by atoms with E-state index < -0.39 is 33.0 Å². The van der Waals surface area contributed by atoms with Crippen molar-refractivity contribution < 1.29 is 23.1 Å². The summed E-state index contributed by atoms with van der Waals surface area (Å²) >= 11 is 0. The molecule has 2 aromatic rings. The zero-order chi connectivity index (χ0) is 29.3. The molecule has 0 radical (unpaired) electrons. The molecular formula is C30H42N2O6S. The molecule has 1 aromatic carbocycles. The molecule has 1 atom stereocenters. The van der Waals surface area contributed by atoms with Gasteiger partial charge in [0.25, 0.3) is 5.56 Å². The van der Waals surface area contributed by atoms with Crippen LogP contribution >= 0.6 is 0 Å². The van der Waals surface area contributed by atoms with E-state index in [0.29, 0.717) is 22.7 Å². The van der Waals surface area contributed by atoms with E-state index in [1.807, 2.05) is 39.8 Å². The molecule has 1 unspecified atom stereocenters. The predicted octanol–water partition coefficient (Wildman–Crippen LogP) is 5.96. The summed E-state index contributed by atoms with van der Waals surface area (Å²) in [5, 5.41) is 10.3. The molecule has 1 saturated carbocycles. The monoisotopic (exact) mass is 558 g/mol. The lowest BCUT2D eigenvalue weighted by Crippen LogP contribution is -2.37. The van der Waals surface area contributed by atoms with Gasteiger partial charge >= 0.3 is 5.97 Å². The number of ketones is 1. The van der Waals surface area contributed by atoms with Crippen LogP contribution in [0.1, 0.15) is 93.7 Å². The second kappa shape index (κ2) is 11.7. The minimum Gasteiger partial charge on any atom is -0.480 e. The van der Waals surface area contributed by atoms with Crippen LogP contribution in [0.3, 0.4) is 0 Å². The average Bonchev–Trinajstić information content (AvgIpc) is 2.80. The van der Waals surface area contributed by atoms with E-state index in [-0.39, 0.29) is 35.8 Å². The Labute approximate surface area is 231 Å². The van der Waals surface area contributed by atoms with Crippen molar-refractivity contribution in [1.29, 1.82) is 0 Å². The van der Waals surface area contributed by atoms with E-state index >= 15 is 0 Å². The van der Waals surface area contributed by atoms with Gasteiger partial charge in [-0.3, -0.25) is 18.9 Å². The minimum absolute atomic E-state index is 0.0239. The van der Waals surface area contributed by atoms with Crippen molar-refractivity contribution in [1.82, 2.24) is 4.57 Å². The number of anilines is 1. The first-order valence-electron chi connectivity index (χ1n) is 13.6. The van der Waals surface area contributed by atoms with Crippen LogP contribution in [0, 0.1) is 31.1 Å². The first-order valence-corrected chi connectivity index (χ1v) is 15.5.